The zero-order valence-corrected chi connectivity index (χ0v) is 21.7. The molecule has 0 aromatic carbocycles. The van der Waals surface area contributed by atoms with Crippen molar-refractivity contribution in [2.24, 2.45) is 12.2 Å². The van der Waals surface area contributed by atoms with Crippen LogP contribution in [0.5, 0.6) is 0 Å². The number of fused-ring (bicyclic) bond motifs is 1. The number of thioether (sulfide) groups is 2. The van der Waals surface area contributed by atoms with Gasteiger partial charge in [-0.3, -0.25) is 14.5 Å². The largest absolute Gasteiger partial charge is 0.477 e. The van der Waals surface area contributed by atoms with E-state index in [1.807, 2.05) is 6.92 Å². The smallest absolute Gasteiger partial charge is 0.352 e. The summed E-state index contributed by atoms with van der Waals surface area (Å²) in [6.07, 6.45) is 1.63. The van der Waals surface area contributed by atoms with Gasteiger partial charge in [-0.1, -0.05) is 36.3 Å². The van der Waals surface area contributed by atoms with Crippen molar-refractivity contribution in [1.29, 1.82) is 0 Å². The second-order valence-electron chi connectivity index (χ2n) is 8.07. The quantitative estimate of drug-likeness (QED) is 0.114. The molecular weight excluding hydrogens is 522 g/mol. The predicted octanol–water partition coefficient (Wildman–Crippen LogP) is 0.239. The van der Waals surface area contributed by atoms with Crippen LogP contribution in [0.15, 0.2) is 39.8 Å². The Bertz CT molecular complexity index is 1260. The number of hydrogen-bond acceptors (Lipinski definition) is 12. The van der Waals surface area contributed by atoms with Crippen molar-refractivity contribution in [2.75, 3.05) is 23.8 Å². The van der Waals surface area contributed by atoms with E-state index in [1.54, 1.807) is 25.2 Å². The van der Waals surface area contributed by atoms with Gasteiger partial charge >= 0.3 is 5.97 Å². The van der Waals surface area contributed by atoms with Crippen molar-refractivity contribution in [2.45, 2.75) is 36.3 Å². The number of nitrogens with one attached hydrogen (secondary N) is 1. The number of rotatable bonds is 11. The Morgan fingerprint density at radius 3 is 2.89 bits per heavy atom. The average molecular weight is 548 g/mol. The van der Waals surface area contributed by atoms with Gasteiger partial charge in [-0.15, -0.1) is 16.9 Å². The highest BCUT2D eigenvalue weighted by molar-refractivity contribution is 8.01. The highest BCUT2D eigenvalue weighted by Gasteiger charge is 2.54. The van der Waals surface area contributed by atoms with Gasteiger partial charge in [-0.25, -0.2) is 14.5 Å². The minimum absolute atomic E-state index is 0.0869. The Balaban J connectivity index is 1.49. The minimum Gasteiger partial charge on any atom is -0.477 e. The number of aromatic nitrogens is 5. The molecule has 2 aromatic rings. The van der Waals surface area contributed by atoms with Crippen molar-refractivity contribution in [3.8, 4) is 0 Å². The first-order valence-electron chi connectivity index (χ1n) is 11.3. The number of carbonyl (C=O) groups is 3. The van der Waals surface area contributed by atoms with Gasteiger partial charge in [-0.2, -0.15) is 0 Å². The number of hydrogen-bond donors (Lipinski definition) is 3. The predicted molar refractivity (Wildman–Crippen MR) is 135 cm³/mol. The number of tetrazole rings is 1. The molecule has 14 nitrogen and oxygen atoms in total. The summed E-state index contributed by atoms with van der Waals surface area (Å²) in [5.41, 5.74) is 6.31. The SMILES string of the molecule is CCCCO/N=C(\C(=O)NC1C(=O)N2C(C(=O)O)=C(CSc3nnnn3C)CS[C@H]12)c1cccc(N)n1. The molecule has 1 fully saturated rings. The third-order valence-electron chi connectivity index (χ3n) is 5.47. The Morgan fingerprint density at radius 2 is 2.22 bits per heavy atom. The number of nitrogens with two attached hydrogens (primary N) is 1. The molecule has 37 heavy (non-hydrogen) atoms. The first kappa shape index (κ1) is 26.4. The molecule has 4 heterocycles. The van der Waals surface area contributed by atoms with Gasteiger partial charge in [0.05, 0.1) is 0 Å². The molecule has 4 N–H and O–H groups in total. The van der Waals surface area contributed by atoms with E-state index in [9.17, 15) is 19.5 Å². The van der Waals surface area contributed by atoms with E-state index in [4.69, 9.17) is 10.6 Å². The Kier molecular flexibility index (Phi) is 8.27. The Hall–Kier alpha value is -3.66. The van der Waals surface area contributed by atoms with Gasteiger partial charge in [0.1, 0.15) is 35.2 Å². The van der Waals surface area contributed by atoms with Crippen LogP contribution in [0.1, 0.15) is 25.5 Å². The van der Waals surface area contributed by atoms with Gasteiger partial charge in [0.15, 0.2) is 5.71 Å². The number of unbranched alkanes of at least 4 members (excludes halogenated alkanes) is 1. The molecule has 0 spiro atoms. The lowest BCUT2D eigenvalue weighted by atomic mass is 10.0. The molecule has 0 saturated carbocycles. The molecule has 0 aliphatic carbocycles. The van der Waals surface area contributed by atoms with Crippen LogP contribution in [0.25, 0.3) is 0 Å². The van der Waals surface area contributed by atoms with E-state index >= 15 is 0 Å². The van der Waals surface area contributed by atoms with Crippen LogP contribution in [0.4, 0.5) is 5.82 Å². The molecule has 1 saturated heterocycles. The first-order valence-corrected chi connectivity index (χ1v) is 13.3. The van der Waals surface area contributed by atoms with Crippen LogP contribution in [-0.4, -0.2) is 88.2 Å². The number of oxime groups is 1. The van der Waals surface area contributed by atoms with Crippen LogP contribution in [0, 0.1) is 0 Å². The van der Waals surface area contributed by atoms with Crippen LogP contribution in [-0.2, 0) is 26.3 Å². The fourth-order valence-electron chi connectivity index (χ4n) is 3.61. The van der Waals surface area contributed by atoms with E-state index in [-0.39, 0.29) is 22.9 Å². The molecule has 2 amide bonds. The van der Waals surface area contributed by atoms with Crippen molar-refractivity contribution < 1.29 is 24.3 Å². The topological polar surface area (TPSA) is 191 Å². The van der Waals surface area contributed by atoms with E-state index in [1.165, 1.54) is 33.1 Å². The lowest BCUT2D eigenvalue weighted by Gasteiger charge is -2.49. The number of pyridine rings is 1. The molecule has 1 unspecified atom stereocenters. The third-order valence-corrected chi connectivity index (χ3v) is 7.90. The molecule has 2 atom stereocenters. The maximum absolute atomic E-state index is 13.2. The van der Waals surface area contributed by atoms with Gasteiger partial charge in [0.25, 0.3) is 11.8 Å². The van der Waals surface area contributed by atoms with Crippen LogP contribution in [0.2, 0.25) is 0 Å². The number of carboxylic acids is 1. The molecular formula is C21H25N9O5S2. The number of amides is 2. The summed E-state index contributed by atoms with van der Waals surface area (Å²) in [5.74, 6) is -1.57. The fourth-order valence-corrected chi connectivity index (χ4v) is 5.94. The van der Waals surface area contributed by atoms with Gasteiger partial charge in [-0.05, 0) is 34.6 Å². The summed E-state index contributed by atoms with van der Waals surface area (Å²) in [5, 5.41) is 27.6. The molecule has 196 valence electrons. The summed E-state index contributed by atoms with van der Waals surface area (Å²) in [6, 6.07) is 3.81. The Morgan fingerprint density at radius 1 is 1.41 bits per heavy atom. The molecule has 2 aromatic heterocycles. The van der Waals surface area contributed by atoms with E-state index in [2.05, 4.69) is 31.0 Å². The maximum Gasteiger partial charge on any atom is 0.352 e. The third kappa shape index (κ3) is 5.69. The summed E-state index contributed by atoms with van der Waals surface area (Å²) in [6.45, 7) is 2.30. The molecule has 16 heteroatoms. The van der Waals surface area contributed by atoms with E-state index in [0.717, 1.165) is 12.8 Å². The monoisotopic (exact) mass is 547 g/mol. The lowest BCUT2D eigenvalue weighted by Crippen LogP contribution is -2.71. The fraction of sp³-hybridized carbons (Fsp3) is 0.429. The highest BCUT2D eigenvalue weighted by Crippen LogP contribution is 2.41. The molecule has 0 radical (unpaired) electrons. The van der Waals surface area contributed by atoms with Crippen LogP contribution in [0.3, 0.4) is 0 Å². The number of nitrogen functional groups attached to an aromatic ring is 1. The molecule has 0 bridgehead atoms. The summed E-state index contributed by atoms with van der Waals surface area (Å²) in [4.78, 5) is 48.9. The van der Waals surface area contributed by atoms with Gasteiger partial charge in [0, 0.05) is 18.6 Å². The number of carboxylic acid groups (broad SMARTS) is 1. The lowest BCUT2D eigenvalue weighted by molar-refractivity contribution is -0.150. The normalized spacial score (nSPS) is 19.4. The average Bonchev–Trinajstić information content (AvgIpc) is 3.29. The summed E-state index contributed by atoms with van der Waals surface area (Å²) >= 11 is 2.64. The van der Waals surface area contributed by atoms with Crippen molar-refractivity contribution in [3.05, 3.63) is 35.2 Å². The summed E-state index contributed by atoms with van der Waals surface area (Å²) in [7, 11) is 1.68. The second-order valence-corrected chi connectivity index (χ2v) is 10.1. The first-order chi connectivity index (χ1) is 17.8. The van der Waals surface area contributed by atoms with E-state index in [0.29, 0.717) is 28.8 Å². The summed E-state index contributed by atoms with van der Waals surface area (Å²) < 4.78 is 1.48. The zero-order chi connectivity index (χ0) is 26.5. The second kappa shape index (κ2) is 11.6. The van der Waals surface area contributed by atoms with Crippen molar-refractivity contribution in [3.63, 3.8) is 0 Å². The van der Waals surface area contributed by atoms with Crippen molar-refractivity contribution in [1.82, 2.24) is 35.4 Å². The van der Waals surface area contributed by atoms with E-state index < -0.39 is 29.2 Å². The maximum atomic E-state index is 13.2. The molecule has 2 aliphatic heterocycles. The highest BCUT2D eigenvalue weighted by atomic mass is 32.2. The number of nitrogens with zero attached hydrogens (tertiary/aromatic N) is 7. The van der Waals surface area contributed by atoms with Gasteiger partial charge in [0.2, 0.25) is 5.16 Å². The number of carbonyl (C=O) groups excluding carboxylic acids is 2. The number of aliphatic carboxylic acids is 1. The van der Waals surface area contributed by atoms with Crippen LogP contribution < -0.4 is 11.1 Å². The van der Waals surface area contributed by atoms with Gasteiger partial charge < -0.3 is 21.0 Å². The standard InChI is InChI=1S/C21H25N9O5S2/c1-3-4-8-35-26-14(12-6-5-7-13(22)23-12)17(31)24-15-18(32)30-16(20(33)34)11(9-36-19(15)30)10-37-21-25-27-28-29(21)2/h5-7,15,19H,3-4,8-10H2,1-2H3,(H2,22,23)(H,24,31)(H,33,34)/b26-14-/t15?,19-/m1/s1. The number of β-lactam (4-membered cyclic amide) rings is 1. The van der Waals surface area contributed by atoms with Crippen LogP contribution >= 0.6 is 23.5 Å². The number of aryl methyl sites for hydroxylation is 1. The number of anilines is 1. The van der Waals surface area contributed by atoms with Crippen molar-refractivity contribution >= 4 is 52.8 Å². The Labute approximate surface area is 220 Å². The minimum atomic E-state index is -1.22. The molecule has 2 aliphatic rings. The zero-order valence-electron chi connectivity index (χ0n) is 20.0. The molecule has 4 rings (SSSR count).